The largest absolute Gasteiger partial charge is 0.496 e. The minimum Gasteiger partial charge on any atom is -0.496 e. The van der Waals surface area contributed by atoms with E-state index in [4.69, 9.17) is 16.3 Å². The number of rotatable bonds is 6. The number of hydrogen-bond donors (Lipinski definition) is 2. The van der Waals surface area contributed by atoms with Gasteiger partial charge in [0.05, 0.1) is 18.6 Å². The second-order valence-electron chi connectivity index (χ2n) is 5.01. The summed E-state index contributed by atoms with van der Waals surface area (Å²) in [5.74, 6) is 0.112. The van der Waals surface area contributed by atoms with Crippen LogP contribution in [0, 0.1) is 6.92 Å². The molecular weight excluding hydrogens is 352 g/mol. The molecule has 0 aliphatic carbocycles. The summed E-state index contributed by atoms with van der Waals surface area (Å²) in [6, 6.07) is 11.0. The molecule has 0 saturated carbocycles. The van der Waals surface area contributed by atoms with Crippen LogP contribution < -0.4 is 14.8 Å². The second-order valence-corrected chi connectivity index (χ2v) is 7.21. The van der Waals surface area contributed by atoms with Gasteiger partial charge in [-0.05, 0) is 55.0 Å². The van der Waals surface area contributed by atoms with Gasteiger partial charge in [0.15, 0.2) is 0 Å². The number of ether oxygens (including phenoxy) is 1. The number of methoxy groups -OCH3 is 1. The minimum atomic E-state index is -3.79. The first-order valence-corrected chi connectivity index (χ1v) is 8.87. The SMILES string of the molecule is COc1ccc(S(=O)(=O)NCC(=O)Nc2ccc(Cl)cc2)cc1C. The molecule has 128 valence electrons. The third kappa shape index (κ3) is 4.70. The Hall–Kier alpha value is -2.09. The molecule has 0 saturated heterocycles. The molecule has 2 aromatic rings. The fraction of sp³-hybridized carbons (Fsp3) is 0.188. The summed E-state index contributed by atoms with van der Waals surface area (Å²) < 4.78 is 31.8. The molecular formula is C16H17ClN2O4S. The van der Waals surface area contributed by atoms with Gasteiger partial charge >= 0.3 is 0 Å². The Balaban J connectivity index is 2.00. The number of hydrogen-bond acceptors (Lipinski definition) is 4. The number of halogens is 1. The molecule has 0 aromatic heterocycles. The van der Waals surface area contributed by atoms with Gasteiger partial charge in [-0.15, -0.1) is 0 Å². The number of carbonyl (C=O) groups excluding carboxylic acids is 1. The first-order chi connectivity index (χ1) is 11.3. The third-order valence-electron chi connectivity index (χ3n) is 3.23. The highest BCUT2D eigenvalue weighted by atomic mass is 35.5. The van der Waals surface area contributed by atoms with Gasteiger partial charge in [-0.1, -0.05) is 11.6 Å². The van der Waals surface area contributed by atoms with E-state index < -0.39 is 15.9 Å². The fourth-order valence-corrected chi connectivity index (χ4v) is 3.19. The first kappa shape index (κ1) is 18.3. The van der Waals surface area contributed by atoms with Crippen molar-refractivity contribution < 1.29 is 17.9 Å². The van der Waals surface area contributed by atoms with Crippen LogP contribution in [0.15, 0.2) is 47.4 Å². The molecule has 2 aromatic carbocycles. The monoisotopic (exact) mass is 368 g/mol. The topological polar surface area (TPSA) is 84.5 Å². The minimum absolute atomic E-state index is 0.0695. The van der Waals surface area contributed by atoms with E-state index in [0.717, 1.165) is 0 Å². The van der Waals surface area contributed by atoms with Gasteiger partial charge in [0.25, 0.3) is 0 Å². The molecule has 0 spiro atoms. The molecule has 0 aliphatic rings. The van der Waals surface area contributed by atoms with Crippen LogP contribution in [0.25, 0.3) is 0 Å². The zero-order valence-electron chi connectivity index (χ0n) is 13.2. The van der Waals surface area contributed by atoms with E-state index in [1.54, 1.807) is 37.3 Å². The van der Waals surface area contributed by atoms with Crippen molar-refractivity contribution in [2.24, 2.45) is 0 Å². The summed E-state index contributed by atoms with van der Waals surface area (Å²) in [5, 5.41) is 3.12. The number of sulfonamides is 1. The van der Waals surface area contributed by atoms with Crippen LogP contribution in [0.4, 0.5) is 5.69 Å². The van der Waals surface area contributed by atoms with Crippen molar-refractivity contribution in [2.45, 2.75) is 11.8 Å². The van der Waals surface area contributed by atoms with E-state index >= 15 is 0 Å². The average Bonchev–Trinajstić information content (AvgIpc) is 2.55. The Morgan fingerprint density at radius 2 is 1.83 bits per heavy atom. The summed E-state index contributed by atoms with van der Waals surface area (Å²) in [4.78, 5) is 11.9. The van der Waals surface area contributed by atoms with Gasteiger partial charge in [-0.25, -0.2) is 13.1 Å². The first-order valence-electron chi connectivity index (χ1n) is 7.01. The summed E-state index contributed by atoms with van der Waals surface area (Å²) in [6.07, 6.45) is 0. The number of amides is 1. The fourth-order valence-electron chi connectivity index (χ4n) is 2.00. The van der Waals surface area contributed by atoms with Crippen molar-refractivity contribution in [3.05, 3.63) is 53.1 Å². The van der Waals surface area contributed by atoms with Crippen LogP contribution in [0.5, 0.6) is 5.75 Å². The maximum absolute atomic E-state index is 12.2. The molecule has 6 nitrogen and oxygen atoms in total. The molecule has 24 heavy (non-hydrogen) atoms. The number of benzene rings is 2. The van der Waals surface area contributed by atoms with Crippen LogP contribution in [0.1, 0.15) is 5.56 Å². The molecule has 2 rings (SSSR count). The van der Waals surface area contributed by atoms with Crippen molar-refractivity contribution in [1.82, 2.24) is 4.72 Å². The zero-order valence-corrected chi connectivity index (χ0v) is 14.7. The molecule has 0 fully saturated rings. The standard InChI is InChI=1S/C16H17ClN2O4S/c1-11-9-14(7-8-15(11)23-2)24(21,22)18-10-16(20)19-13-5-3-12(17)4-6-13/h3-9,18H,10H2,1-2H3,(H,19,20). The highest BCUT2D eigenvalue weighted by Crippen LogP contribution is 2.21. The Labute approximate surface area is 145 Å². The number of nitrogens with one attached hydrogen (secondary N) is 2. The average molecular weight is 369 g/mol. The van der Waals surface area contributed by atoms with Crippen molar-refractivity contribution in [1.29, 1.82) is 0 Å². The number of aryl methyl sites for hydroxylation is 1. The Bertz CT molecular complexity index is 836. The van der Waals surface area contributed by atoms with Crippen molar-refractivity contribution in [3.63, 3.8) is 0 Å². The summed E-state index contributed by atoms with van der Waals surface area (Å²) in [7, 11) is -2.28. The molecule has 1 amide bonds. The van der Waals surface area contributed by atoms with Gasteiger partial charge < -0.3 is 10.1 Å². The lowest BCUT2D eigenvalue weighted by Crippen LogP contribution is -2.32. The van der Waals surface area contributed by atoms with E-state index in [0.29, 0.717) is 22.0 Å². The quantitative estimate of drug-likeness (QED) is 0.820. The lowest BCUT2D eigenvalue weighted by atomic mass is 10.2. The number of carbonyl (C=O) groups is 1. The van der Waals surface area contributed by atoms with Crippen molar-refractivity contribution in [2.75, 3.05) is 19.0 Å². The summed E-state index contributed by atoms with van der Waals surface area (Å²) in [6.45, 7) is 1.36. The Morgan fingerprint density at radius 1 is 1.17 bits per heavy atom. The van der Waals surface area contributed by atoms with Gasteiger partial charge in [-0.3, -0.25) is 4.79 Å². The van der Waals surface area contributed by atoms with Crippen LogP contribution in [0.3, 0.4) is 0 Å². The maximum atomic E-state index is 12.2. The van der Waals surface area contributed by atoms with E-state index in [1.807, 2.05) is 0 Å². The molecule has 0 unspecified atom stereocenters. The highest BCUT2D eigenvalue weighted by Gasteiger charge is 2.16. The van der Waals surface area contributed by atoms with Crippen LogP contribution in [0.2, 0.25) is 5.02 Å². The van der Waals surface area contributed by atoms with Gasteiger partial charge in [0.1, 0.15) is 5.75 Å². The molecule has 0 bridgehead atoms. The van der Waals surface area contributed by atoms with Crippen LogP contribution in [-0.4, -0.2) is 28.0 Å². The van der Waals surface area contributed by atoms with E-state index in [1.165, 1.54) is 19.2 Å². The molecule has 0 atom stereocenters. The lowest BCUT2D eigenvalue weighted by molar-refractivity contribution is -0.115. The second kappa shape index (κ2) is 7.65. The van der Waals surface area contributed by atoms with E-state index in [9.17, 15) is 13.2 Å². The van der Waals surface area contributed by atoms with E-state index in [-0.39, 0.29) is 11.4 Å². The maximum Gasteiger partial charge on any atom is 0.241 e. The molecule has 0 radical (unpaired) electrons. The van der Waals surface area contributed by atoms with Crippen molar-refractivity contribution >= 4 is 33.2 Å². The normalized spacial score (nSPS) is 11.1. The molecule has 0 heterocycles. The number of anilines is 1. The molecule has 8 heteroatoms. The molecule has 2 N–H and O–H groups in total. The summed E-state index contributed by atoms with van der Waals surface area (Å²) >= 11 is 5.76. The van der Waals surface area contributed by atoms with Gasteiger partial charge in [0, 0.05) is 10.7 Å². The Kier molecular flexibility index (Phi) is 5.82. The highest BCUT2D eigenvalue weighted by molar-refractivity contribution is 7.89. The van der Waals surface area contributed by atoms with Gasteiger partial charge in [-0.2, -0.15) is 0 Å². The zero-order chi connectivity index (χ0) is 17.7. The van der Waals surface area contributed by atoms with Crippen LogP contribution in [-0.2, 0) is 14.8 Å². The smallest absolute Gasteiger partial charge is 0.241 e. The van der Waals surface area contributed by atoms with Crippen LogP contribution >= 0.6 is 11.6 Å². The third-order valence-corrected chi connectivity index (χ3v) is 4.88. The predicted octanol–water partition coefficient (Wildman–Crippen LogP) is 2.57. The lowest BCUT2D eigenvalue weighted by Gasteiger charge is -2.10. The summed E-state index contributed by atoms with van der Waals surface area (Å²) in [5.41, 5.74) is 1.22. The molecule has 0 aliphatic heterocycles. The van der Waals surface area contributed by atoms with Gasteiger partial charge in [0.2, 0.25) is 15.9 Å². The Morgan fingerprint density at radius 3 is 2.42 bits per heavy atom. The van der Waals surface area contributed by atoms with Crippen molar-refractivity contribution in [3.8, 4) is 5.75 Å². The van der Waals surface area contributed by atoms with E-state index in [2.05, 4.69) is 10.0 Å². The predicted molar refractivity (Wildman–Crippen MR) is 93.0 cm³/mol.